The van der Waals surface area contributed by atoms with Crippen molar-refractivity contribution in [2.45, 2.75) is 32.6 Å². The number of benzene rings is 1. The van der Waals surface area contributed by atoms with Crippen molar-refractivity contribution in [3.05, 3.63) is 35.7 Å². The van der Waals surface area contributed by atoms with Crippen LogP contribution in [0.3, 0.4) is 0 Å². The Morgan fingerprint density at radius 2 is 1.88 bits per heavy atom. The zero-order valence-corrected chi connectivity index (χ0v) is 15.6. The molecule has 0 bridgehead atoms. The molecular weight excluding hydrogens is 346 g/mol. The minimum Gasteiger partial charge on any atom is -0.510 e. The molecule has 0 unspecified atom stereocenters. The summed E-state index contributed by atoms with van der Waals surface area (Å²) in [6.45, 7) is 7.25. The Kier molecular flexibility index (Phi) is 7.72. The fourth-order valence-electron chi connectivity index (χ4n) is 1.99. The van der Waals surface area contributed by atoms with E-state index in [1.807, 2.05) is 0 Å². The molecule has 0 aliphatic heterocycles. The fourth-order valence-corrected chi connectivity index (χ4v) is 3.49. The second kappa shape index (κ2) is 9.28. The maximum absolute atomic E-state index is 12.5. The topological polar surface area (TPSA) is 109 Å². The number of hydrogen-bond acceptors (Lipinski definition) is 7. The van der Waals surface area contributed by atoms with E-state index in [9.17, 15) is 18.3 Å². The van der Waals surface area contributed by atoms with E-state index in [2.05, 4.69) is 10.2 Å². The van der Waals surface area contributed by atoms with E-state index < -0.39 is 16.0 Å². The molecule has 0 aliphatic rings. The number of hydrogen-bond donors (Lipinski definition) is 1. The van der Waals surface area contributed by atoms with Gasteiger partial charge in [0, 0.05) is 13.1 Å². The molecule has 0 radical (unpaired) electrons. The highest BCUT2D eigenvalue weighted by molar-refractivity contribution is 7.89. The number of carbonyl (C=O) groups excluding carboxylic acids is 1. The molecule has 0 amide bonds. The number of nitrogens with zero attached hydrogens (tertiary/aromatic N) is 3. The summed E-state index contributed by atoms with van der Waals surface area (Å²) in [5.74, 6) is -1.15. The van der Waals surface area contributed by atoms with Crippen molar-refractivity contribution < 1.29 is 23.1 Å². The Bertz CT molecular complexity index is 764. The molecule has 0 spiro atoms. The average molecular weight is 369 g/mol. The molecule has 1 aromatic rings. The van der Waals surface area contributed by atoms with Gasteiger partial charge in [0.25, 0.3) is 0 Å². The molecule has 0 saturated carbocycles. The average Bonchev–Trinajstić information content (AvgIpc) is 2.56. The summed E-state index contributed by atoms with van der Waals surface area (Å²) in [6, 6.07) is 5.89. The smallest absolute Gasteiger partial charge is 0.362 e. The van der Waals surface area contributed by atoms with Gasteiger partial charge in [-0.25, -0.2) is 13.2 Å². The molecule has 1 N–H and O–H groups in total. The third kappa shape index (κ3) is 5.36. The number of allylic oxidation sites excluding steroid dienone is 1. The lowest BCUT2D eigenvalue weighted by molar-refractivity contribution is -0.138. The molecule has 0 heterocycles. The summed E-state index contributed by atoms with van der Waals surface area (Å²) in [7, 11) is -3.62. The molecule has 0 aliphatic carbocycles. The van der Waals surface area contributed by atoms with Gasteiger partial charge in [-0.15, -0.1) is 5.11 Å². The summed E-state index contributed by atoms with van der Waals surface area (Å²) in [5, 5.41) is 17.1. The predicted molar refractivity (Wildman–Crippen MR) is 93.0 cm³/mol. The molecule has 25 heavy (non-hydrogen) atoms. The Balaban J connectivity index is 3.18. The van der Waals surface area contributed by atoms with Crippen molar-refractivity contribution in [2.24, 2.45) is 10.2 Å². The van der Waals surface area contributed by atoms with Crippen molar-refractivity contribution in [3.8, 4) is 0 Å². The number of azo groups is 1. The summed E-state index contributed by atoms with van der Waals surface area (Å²) < 4.78 is 31.1. The first-order valence-corrected chi connectivity index (χ1v) is 9.30. The zero-order valence-electron chi connectivity index (χ0n) is 14.8. The van der Waals surface area contributed by atoms with Crippen LogP contribution in [0.2, 0.25) is 0 Å². The lowest BCUT2D eigenvalue weighted by atomic mass is 10.3. The number of rotatable bonds is 8. The second-order valence-corrected chi connectivity index (χ2v) is 6.88. The summed E-state index contributed by atoms with van der Waals surface area (Å²) in [4.78, 5) is 11.8. The molecule has 1 rings (SSSR count). The van der Waals surface area contributed by atoms with Crippen LogP contribution in [0.25, 0.3) is 0 Å². The number of ether oxygens (including phenoxy) is 1. The monoisotopic (exact) mass is 369 g/mol. The van der Waals surface area contributed by atoms with Crippen LogP contribution in [-0.4, -0.2) is 43.5 Å². The second-order valence-electron chi connectivity index (χ2n) is 4.94. The Morgan fingerprint density at radius 1 is 1.24 bits per heavy atom. The number of sulfonamides is 1. The van der Waals surface area contributed by atoms with Crippen molar-refractivity contribution in [3.63, 3.8) is 0 Å². The molecule has 0 aromatic heterocycles. The molecule has 9 heteroatoms. The number of carbonyl (C=O) groups is 1. The van der Waals surface area contributed by atoms with Gasteiger partial charge < -0.3 is 9.84 Å². The van der Waals surface area contributed by atoms with Crippen LogP contribution in [0.1, 0.15) is 27.7 Å². The molecule has 0 atom stereocenters. The maximum Gasteiger partial charge on any atom is 0.362 e. The highest BCUT2D eigenvalue weighted by Crippen LogP contribution is 2.22. The van der Waals surface area contributed by atoms with Crippen molar-refractivity contribution >= 4 is 21.7 Å². The highest BCUT2D eigenvalue weighted by Gasteiger charge is 2.21. The Morgan fingerprint density at radius 3 is 2.40 bits per heavy atom. The van der Waals surface area contributed by atoms with Crippen LogP contribution >= 0.6 is 0 Å². The van der Waals surface area contributed by atoms with Crippen LogP contribution in [0.5, 0.6) is 0 Å². The first kappa shape index (κ1) is 20.8. The molecule has 0 saturated heterocycles. The minimum atomic E-state index is -3.62. The number of aliphatic hydroxyl groups excluding tert-OH is 1. The minimum absolute atomic E-state index is 0.0787. The van der Waals surface area contributed by atoms with E-state index in [0.717, 1.165) is 0 Å². The van der Waals surface area contributed by atoms with Gasteiger partial charge in [0.2, 0.25) is 15.7 Å². The van der Waals surface area contributed by atoms with Crippen LogP contribution in [-0.2, 0) is 19.6 Å². The Hall–Kier alpha value is -2.26. The zero-order chi connectivity index (χ0) is 19.0. The molecule has 1 aromatic carbocycles. The van der Waals surface area contributed by atoms with Crippen LogP contribution in [0, 0.1) is 0 Å². The highest BCUT2D eigenvalue weighted by atomic mass is 32.2. The van der Waals surface area contributed by atoms with Crippen LogP contribution in [0.4, 0.5) is 5.69 Å². The number of aliphatic hydroxyl groups is 1. The molecular formula is C16H23N3O5S. The predicted octanol–water partition coefficient (Wildman–Crippen LogP) is 3.15. The van der Waals surface area contributed by atoms with Gasteiger partial charge in [0.05, 0.1) is 17.2 Å². The van der Waals surface area contributed by atoms with E-state index >= 15 is 0 Å². The van der Waals surface area contributed by atoms with E-state index in [0.29, 0.717) is 13.1 Å². The van der Waals surface area contributed by atoms with Gasteiger partial charge >= 0.3 is 5.97 Å². The van der Waals surface area contributed by atoms with Gasteiger partial charge in [0.15, 0.2) is 0 Å². The third-order valence-corrected chi connectivity index (χ3v) is 5.28. The van der Waals surface area contributed by atoms with E-state index in [4.69, 9.17) is 4.74 Å². The fraction of sp³-hybridized carbons (Fsp3) is 0.438. The SMILES string of the molecule is CCOC(=O)/C(N=Nc1cccc(S(=O)(=O)N(CC)CC)c1)=C(\C)O. The van der Waals surface area contributed by atoms with Crippen molar-refractivity contribution in [2.75, 3.05) is 19.7 Å². The lowest BCUT2D eigenvalue weighted by Gasteiger charge is -2.18. The summed E-state index contributed by atoms with van der Waals surface area (Å²) in [6.07, 6.45) is 0. The maximum atomic E-state index is 12.5. The van der Waals surface area contributed by atoms with Gasteiger partial charge in [-0.2, -0.15) is 9.42 Å². The first-order valence-electron chi connectivity index (χ1n) is 7.86. The third-order valence-electron chi connectivity index (χ3n) is 3.24. The van der Waals surface area contributed by atoms with E-state index in [-0.39, 0.29) is 28.6 Å². The summed E-state index contributed by atoms with van der Waals surface area (Å²) >= 11 is 0. The van der Waals surface area contributed by atoms with Crippen molar-refractivity contribution in [1.29, 1.82) is 0 Å². The van der Waals surface area contributed by atoms with Gasteiger partial charge in [-0.05, 0) is 32.0 Å². The van der Waals surface area contributed by atoms with Gasteiger partial charge in [-0.1, -0.05) is 19.9 Å². The summed E-state index contributed by atoms with van der Waals surface area (Å²) in [5.41, 5.74) is -0.102. The number of esters is 1. The normalized spacial score (nSPS) is 13.2. The lowest BCUT2D eigenvalue weighted by Crippen LogP contribution is -2.30. The van der Waals surface area contributed by atoms with Gasteiger partial charge in [-0.3, -0.25) is 0 Å². The van der Waals surface area contributed by atoms with Crippen LogP contribution in [0.15, 0.2) is 50.8 Å². The quantitative estimate of drug-likeness (QED) is 0.328. The standard InChI is InChI=1S/C16H23N3O5S/c1-5-19(6-2)25(22,23)14-10-8-9-13(11-14)17-18-15(12(4)20)16(21)24-7-3/h8-11,20H,5-7H2,1-4H3/b15-12-,18-17?. The molecule has 8 nitrogen and oxygen atoms in total. The van der Waals surface area contributed by atoms with Crippen molar-refractivity contribution in [1.82, 2.24) is 4.31 Å². The van der Waals surface area contributed by atoms with E-state index in [1.165, 1.54) is 29.4 Å². The first-order chi connectivity index (χ1) is 11.8. The van der Waals surface area contributed by atoms with Gasteiger partial charge in [0.1, 0.15) is 5.76 Å². The largest absolute Gasteiger partial charge is 0.510 e. The Labute approximate surface area is 147 Å². The van der Waals surface area contributed by atoms with Crippen LogP contribution < -0.4 is 0 Å². The molecule has 0 fully saturated rings. The van der Waals surface area contributed by atoms with E-state index in [1.54, 1.807) is 26.8 Å². The molecule has 138 valence electrons.